The molecule has 2 heterocycles. The molecule has 0 spiro atoms. The SMILES string of the molecule is Cc1oc([C@H](C)NC(=O)OCC2c3ccccc3-c3ccccc32)cc1C(=O)On1nnc2ccccc21. The molecule has 5 aromatic rings. The fourth-order valence-corrected chi connectivity index (χ4v) is 4.85. The summed E-state index contributed by atoms with van der Waals surface area (Å²) in [7, 11) is 0. The van der Waals surface area contributed by atoms with Gasteiger partial charge in [0.15, 0.2) is 0 Å². The minimum atomic E-state index is -0.651. The monoisotopic (exact) mass is 508 g/mol. The first-order valence-corrected chi connectivity index (χ1v) is 12.2. The zero-order chi connectivity index (χ0) is 26.2. The zero-order valence-corrected chi connectivity index (χ0v) is 20.8. The number of carbonyl (C=O) groups is 2. The highest BCUT2D eigenvalue weighted by atomic mass is 16.7. The van der Waals surface area contributed by atoms with E-state index in [9.17, 15) is 9.59 Å². The molecule has 9 heteroatoms. The molecule has 38 heavy (non-hydrogen) atoms. The van der Waals surface area contributed by atoms with Crippen LogP contribution in [-0.4, -0.2) is 33.8 Å². The van der Waals surface area contributed by atoms with Crippen molar-refractivity contribution in [3.05, 3.63) is 107 Å². The molecule has 6 rings (SSSR count). The molecule has 0 saturated heterocycles. The van der Waals surface area contributed by atoms with Crippen molar-refractivity contribution in [1.29, 1.82) is 0 Å². The Hall–Kier alpha value is -4.92. The first-order valence-electron chi connectivity index (χ1n) is 12.2. The van der Waals surface area contributed by atoms with Gasteiger partial charge in [0, 0.05) is 5.92 Å². The van der Waals surface area contributed by atoms with Crippen molar-refractivity contribution < 1.29 is 23.6 Å². The van der Waals surface area contributed by atoms with Gasteiger partial charge in [-0.15, -0.1) is 5.10 Å². The minimum absolute atomic E-state index is 0.0384. The lowest BCUT2D eigenvalue weighted by Crippen LogP contribution is -2.28. The molecule has 1 N–H and O–H groups in total. The number of aromatic nitrogens is 3. The normalized spacial score (nSPS) is 13.1. The van der Waals surface area contributed by atoms with Crippen LogP contribution in [0, 0.1) is 6.92 Å². The molecular weight excluding hydrogens is 484 g/mol. The van der Waals surface area contributed by atoms with Crippen LogP contribution in [-0.2, 0) is 4.74 Å². The summed E-state index contributed by atoms with van der Waals surface area (Å²) in [6.07, 6.45) is -0.577. The van der Waals surface area contributed by atoms with Gasteiger partial charge < -0.3 is 19.3 Å². The van der Waals surface area contributed by atoms with Crippen molar-refractivity contribution in [2.75, 3.05) is 6.61 Å². The van der Waals surface area contributed by atoms with Gasteiger partial charge >= 0.3 is 12.1 Å². The molecule has 3 aromatic carbocycles. The number of nitrogens with one attached hydrogen (secondary N) is 1. The Balaban J connectivity index is 1.10. The predicted molar refractivity (Wildman–Crippen MR) is 139 cm³/mol. The third kappa shape index (κ3) is 4.17. The summed E-state index contributed by atoms with van der Waals surface area (Å²) in [5.41, 5.74) is 5.99. The molecule has 0 aliphatic heterocycles. The number of para-hydroxylation sites is 1. The van der Waals surface area contributed by atoms with Crippen LogP contribution in [0.5, 0.6) is 0 Å². The molecule has 0 saturated carbocycles. The zero-order valence-electron chi connectivity index (χ0n) is 20.8. The lowest BCUT2D eigenvalue weighted by molar-refractivity contribution is 0.0407. The number of fused-ring (bicyclic) bond motifs is 4. The largest absolute Gasteiger partial charge is 0.463 e. The number of aryl methyl sites for hydroxylation is 1. The minimum Gasteiger partial charge on any atom is -0.463 e. The first kappa shape index (κ1) is 23.5. The Morgan fingerprint density at radius 2 is 1.66 bits per heavy atom. The van der Waals surface area contributed by atoms with Gasteiger partial charge in [-0.05, 0) is 59.5 Å². The van der Waals surface area contributed by atoms with E-state index in [0.29, 0.717) is 22.6 Å². The molecule has 2 aromatic heterocycles. The number of carbonyl (C=O) groups excluding carboxylic acids is 2. The average molecular weight is 509 g/mol. The maximum Gasteiger partial charge on any atom is 0.407 e. The second-order valence-electron chi connectivity index (χ2n) is 9.14. The fraction of sp³-hybridized carbons (Fsp3) is 0.172. The predicted octanol–water partition coefficient (Wildman–Crippen LogP) is 5.20. The van der Waals surface area contributed by atoms with Crippen LogP contribution in [0.3, 0.4) is 0 Å². The van der Waals surface area contributed by atoms with Crippen molar-refractivity contribution in [2.24, 2.45) is 0 Å². The van der Waals surface area contributed by atoms with Gasteiger partial charge in [0.2, 0.25) is 0 Å². The maximum absolute atomic E-state index is 12.8. The highest BCUT2D eigenvalue weighted by Crippen LogP contribution is 2.44. The average Bonchev–Trinajstić information content (AvgIpc) is 3.61. The van der Waals surface area contributed by atoms with E-state index in [1.54, 1.807) is 38.1 Å². The van der Waals surface area contributed by atoms with E-state index in [4.69, 9.17) is 14.0 Å². The number of hydrogen-bond donors (Lipinski definition) is 1. The summed E-state index contributed by atoms with van der Waals surface area (Å²) in [4.78, 5) is 32.0. The van der Waals surface area contributed by atoms with Gasteiger partial charge in [-0.1, -0.05) is 65.5 Å². The topological polar surface area (TPSA) is 108 Å². The Bertz CT molecular complexity index is 1630. The Kier molecular flexibility index (Phi) is 5.88. The summed E-state index contributed by atoms with van der Waals surface area (Å²) < 4.78 is 11.4. The van der Waals surface area contributed by atoms with E-state index in [-0.39, 0.29) is 18.1 Å². The number of amides is 1. The summed E-state index contributed by atoms with van der Waals surface area (Å²) in [5.74, 6) is 0.0621. The van der Waals surface area contributed by atoms with Crippen LogP contribution in [0.15, 0.2) is 83.3 Å². The quantitative estimate of drug-likeness (QED) is 0.314. The number of hydrogen-bond acceptors (Lipinski definition) is 7. The number of nitrogens with zero attached hydrogens (tertiary/aromatic N) is 3. The molecular formula is C29H24N4O5. The van der Waals surface area contributed by atoms with E-state index in [0.717, 1.165) is 27.1 Å². The maximum atomic E-state index is 12.8. The summed E-state index contributed by atoms with van der Waals surface area (Å²) in [5, 5.41) is 10.6. The van der Waals surface area contributed by atoms with E-state index < -0.39 is 18.1 Å². The Labute approximate surface area is 217 Å². The Morgan fingerprint density at radius 3 is 2.39 bits per heavy atom. The number of furan rings is 1. The fourth-order valence-electron chi connectivity index (χ4n) is 4.85. The van der Waals surface area contributed by atoms with E-state index in [2.05, 4.69) is 39.9 Å². The molecule has 1 aliphatic rings. The van der Waals surface area contributed by atoms with Gasteiger partial charge in [-0.2, -0.15) is 0 Å². The van der Waals surface area contributed by atoms with E-state index >= 15 is 0 Å². The molecule has 9 nitrogen and oxygen atoms in total. The molecule has 1 amide bonds. The van der Waals surface area contributed by atoms with Gasteiger partial charge in [-0.3, -0.25) is 0 Å². The molecule has 0 bridgehead atoms. The highest BCUT2D eigenvalue weighted by Gasteiger charge is 2.29. The lowest BCUT2D eigenvalue weighted by atomic mass is 9.98. The molecule has 0 radical (unpaired) electrons. The third-order valence-corrected chi connectivity index (χ3v) is 6.75. The molecule has 1 atom stereocenters. The number of benzene rings is 3. The van der Waals surface area contributed by atoms with Gasteiger partial charge in [-0.25, -0.2) is 9.59 Å². The van der Waals surface area contributed by atoms with Gasteiger partial charge in [0.05, 0.1) is 6.04 Å². The lowest BCUT2D eigenvalue weighted by Gasteiger charge is -2.16. The smallest absolute Gasteiger partial charge is 0.407 e. The van der Waals surface area contributed by atoms with E-state index in [1.165, 1.54) is 0 Å². The van der Waals surface area contributed by atoms with Crippen LogP contribution in [0.1, 0.15) is 51.9 Å². The summed E-state index contributed by atoms with van der Waals surface area (Å²) in [6.45, 7) is 3.60. The van der Waals surface area contributed by atoms with Gasteiger partial charge in [0.1, 0.15) is 34.7 Å². The summed E-state index contributed by atoms with van der Waals surface area (Å²) in [6, 6.07) is 24.5. The second-order valence-corrected chi connectivity index (χ2v) is 9.14. The molecule has 190 valence electrons. The molecule has 0 fully saturated rings. The number of alkyl carbamates (subject to hydrolysis) is 1. The second kappa shape index (κ2) is 9.51. The van der Waals surface area contributed by atoms with Crippen LogP contribution in [0.4, 0.5) is 4.79 Å². The van der Waals surface area contributed by atoms with E-state index in [1.807, 2.05) is 30.3 Å². The Morgan fingerprint density at radius 1 is 1.00 bits per heavy atom. The van der Waals surface area contributed by atoms with Crippen LogP contribution in [0.25, 0.3) is 22.2 Å². The highest BCUT2D eigenvalue weighted by molar-refractivity contribution is 5.91. The standard InChI is InChI=1S/C29H24N4O5/c1-17(27-15-23(18(2)37-27)28(34)38-33-26-14-8-7-13-25(26)31-32-33)30-29(35)36-16-24-21-11-5-3-9-19(21)20-10-4-6-12-22(20)24/h3-15,17,24H,16H2,1-2H3,(H,30,35)/t17-/m0/s1. The third-order valence-electron chi connectivity index (χ3n) is 6.75. The van der Waals surface area contributed by atoms with Crippen LogP contribution < -0.4 is 10.2 Å². The number of rotatable bonds is 6. The summed E-state index contributed by atoms with van der Waals surface area (Å²) >= 11 is 0. The van der Waals surface area contributed by atoms with Crippen LogP contribution >= 0.6 is 0 Å². The van der Waals surface area contributed by atoms with Crippen molar-refractivity contribution >= 4 is 23.1 Å². The van der Waals surface area contributed by atoms with Crippen LogP contribution in [0.2, 0.25) is 0 Å². The molecule has 0 unspecified atom stereocenters. The van der Waals surface area contributed by atoms with Crippen molar-refractivity contribution in [3.63, 3.8) is 0 Å². The van der Waals surface area contributed by atoms with Crippen molar-refractivity contribution in [2.45, 2.75) is 25.8 Å². The first-order chi connectivity index (χ1) is 18.5. The van der Waals surface area contributed by atoms with Crippen molar-refractivity contribution in [1.82, 2.24) is 20.5 Å². The van der Waals surface area contributed by atoms with Crippen molar-refractivity contribution in [3.8, 4) is 11.1 Å². The molecule has 1 aliphatic carbocycles. The number of ether oxygens (including phenoxy) is 1. The van der Waals surface area contributed by atoms with Gasteiger partial charge in [0.25, 0.3) is 0 Å².